The lowest BCUT2D eigenvalue weighted by atomic mass is 10.1. The number of hydrogen-bond acceptors (Lipinski definition) is 10. The topological polar surface area (TPSA) is 165 Å². The second kappa shape index (κ2) is 12.3. The van der Waals surface area contributed by atoms with Crippen molar-refractivity contribution in [2.24, 2.45) is 0 Å². The quantitative estimate of drug-likeness (QED) is 0.0903. The van der Waals surface area contributed by atoms with Crippen molar-refractivity contribution in [1.29, 1.82) is 0 Å². The molecule has 5 aromatic rings. The number of rotatable bonds is 10. The van der Waals surface area contributed by atoms with E-state index in [-0.39, 0.29) is 46.0 Å². The highest BCUT2D eigenvalue weighted by molar-refractivity contribution is 7.52. The molecule has 0 aliphatic heterocycles. The van der Waals surface area contributed by atoms with Gasteiger partial charge in [0.1, 0.15) is 40.0 Å². The molecule has 5 rings (SSSR count). The van der Waals surface area contributed by atoms with Crippen LogP contribution in [0.15, 0.2) is 106 Å². The molecule has 1 aromatic heterocycles. The van der Waals surface area contributed by atoms with Gasteiger partial charge in [0, 0.05) is 23.8 Å². The molecule has 0 radical (unpaired) electrons. The number of para-hydroxylation sites is 1. The first-order valence-electron chi connectivity index (χ1n) is 12.9. The van der Waals surface area contributed by atoms with E-state index in [1.807, 2.05) is 6.07 Å². The second-order valence-corrected chi connectivity index (χ2v) is 11.0. The lowest BCUT2D eigenvalue weighted by Crippen LogP contribution is -2.39. The Morgan fingerprint density at radius 2 is 1.51 bits per heavy atom. The van der Waals surface area contributed by atoms with Crippen molar-refractivity contribution < 1.29 is 42.9 Å². The molecule has 0 aliphatic carbocycles. The Morgan fingerprint density at radius 1 is 0.837 bits per heavy atom. The molecule has 12 heteroatoms. The van der Waals surface area contributed by atoms with Gasteiger partial charge in [-0.25, -0.2) is 4.57 Å². The molecule has 220 valence electrons. The van der Waals surface area contributed by atoms with Crippen molar-refractivity contribution in [3.8, 4) is 40.1 Å². The minimum Gasteiger partial charge on any atom is -0.507 e. The summed E-state index contributed by atoms with van der Waals surface area (Å²) in [6.07, 6.45) is 0.0830. The zero-order valence-corrected chi connectivity index (χ0v) is 23.6. The number of aromatic hydroxyl groups is 3. The summed E-state index contributed by atoms with van der Waals surface area (Å²) in [5, 5.41) is 32.7. The lowest BCUT2D eigenvalue weighted by Gasteiger charge is -2.24. The van der Waals surface area contributed by atoms with Crippen molar-refractivity contribution in [2.75, 3.05) is 7.11 Å². The summed E-state index contributed by atoms with van der Waals surface area (Å²) in [4.78, 5) is 25.6. The van der Waals surface area contributed by atoms with Crippen LogP contribution in [0.25, 0.3) is 22.3 Å². The number of esters is 1. The van der Waals surface area contributed by atoms with E-state index in [1.54, 1.807) is 42.5 Å². The molecule has 43 heavy (non-hydrogen) atoms. The summed E-state index contributed by atoms with van der Waals surface area (Å²) in [6.45, 7) is 0. The fourth-order valence-corrected chi connectivity index (χ4v) is 5.81. The van der Waals surface area contributed by atoms with Crippen molar-refractivity contribution in [1.82, 2.24) is 5.09 Å². The van der Waals surface area contributed by atoms with Crippen LogP contribution in [0.2, 0.25) is 0 Å². The number of carbonyl (C=O) groups excluding carboxylic acids is 1. The summed E-state index contributed by atoms with van der Waals surface area (Å²) in [7, 11) is -3.26. The summed E-state index contributed by atoms with van der Waals surface area (Å²) >= 11 is 0. The van der Waals surface area contributed by atoms with Gasteiger partial charge in [-0.15, -0.1) is 0 Å². The van der Waals surface area contributed by atoms with Crippen LogP contribution < -0.4 is 19.6 Å². The van der Waals surface area contributed by atoms with Crippen LogP contribution in [0.4, 0.5) is 0 Å². The first-order valence-corrected chi connectivity index (χ1v) is 14.5. The third kappa shape index (κ3) is 6.81. The molecule has 0 amide bonds. The molecule has 0 saturated heterocycles. The van der Waals surface area contributed by atoms with Gasteiger partial charge in [0.05, 0.1) is 7.11 Å². The number of phenolic OH excluding ortho intramolecular Hbond substituents is 3. The maximum absolute atomic E-state index is 14.3. The van der Waals surface area contributed by atoms with Crippen LogP contribution in [0.5, 0.6) is 28.7 Å². The normalized spacial score (nSPS) is 13.1. The molecular weight excluding hydrogens is 577 g/mol. The molecule has 1 unspecified atom stereocenters. The molecule has 11 nitrogen and oxygen atoms in total. The Labute approximate surface area is 245 Å². The predicted octanol–water partition coefficient (Wildman–Crippen LogP) is 5.52. The minimum absolute atomic E-state index is 0.0137. The number of phenols is 3. The molecular formula is C31H26NO10P. The largest absolute Gasteiger partial charge is 0.513 e. The average molecular weight is 604 g/mol. The number of hydrogen-bond donors (Lipinski definition) is 4. The van der Waals surface area contributed by atoms with Crippen molar-refractivity contribution >= 4 is 24.7 Å². The minimum atomic E-state index is -4.46. The third-order valence-electron chi connectivity index (χ3n) is 6.32. The van der Waals surface area contributed by atoms with Crippen molar-refractivity contribution in [3.05, 3.63) is 113 Å². The molecule has 0 saturated carbocycles. The zero-order valence-electron chi connectivity index (χ0n) is 22.7. The zero-order chi connectivity index (χ0) is 30.6. The number of ether oxygens (including phenoxy) is 1. The molecule has 0 bridgehead atoms. The van der Waals surface area contributed by atoms with Crippen LogP contribution in [0.1, 0.15) is 5.56 Å². The number of fused-ring (bicyclic) bond motifs is 1. The number of carbonyl (C=O) groups is 1. The Hall–Kier alpha value is -5.25. The summed E-state index contributed by atoms with van der Waals surface area (Å²) in [6, 6.07) is 23.2. The molecule has 2 atom stereocenters. The highest BCUT2D eigenvalue weighted by Gasteiger charge is 2.36. The average Bonchev–Trinajstić information content (AvgIpc) is 2.98. The van der Waals surface area contributed by atoms with Crippen LogP contribution in [-0.2, 0) is 20.5 Å². The standard InChI is InChI=1S/C31H26NO10P/c1-39-31(37)23(14-19-8-4-2-5-9-19)32-43(38,41-21-10-6-3-7-11-21)42-22-16-26(35)30-27(36)18-28(40-29(30)17-22)20-12-13-24(33)25(34)15-20/h2-13,15-18,23,33-35H,14H2,1H3,(H,32,38)/t23-,43?/m0/s1. The SMILES string of the molecule is COC(=O)[C@H](Cc1ccccc1)NP(=O)(Oc1ccccc1)Oc1cc(O)c2c(=O)cc(-c3ccc(O)c(O)c3)oc2c1. The van der Waals surface area contributed by atoms with Gasteiger partial charge in [0.15, 0.2) is 16.9 Å². The van der Waals surface area contributed by atoms with E-state index in [1.165, 1.54) is 43.5 Å². The highest BCUT2D eigenvalue weighted by Crippen LogP contribution is 2.47. The Kier molecular flexibility index (Phi) is 8.38. The highest BCUT2D eigenvalue weighted by atomic mass is 31.2. The molecule has 0 aliphatic rings. The van der Waals surface area contributed by atoms with E-state index in [9.17, 15) is 29.5 Å². The van der Waals surface area contributed by atoms with Crippen LogP contribution in [-0.4, -0.2) is 34.4 Å². The van der Waals surface area contributed by atoms with Gasteiger partial charge in [-0.1, -0.05) is 48.5 Å². The molecule has 4 N–H and O–H groups in total. The number of benzene rings is 4. The molecule has 0 spiro atoms. The summed E-state index contributed by atoms with van der Waals surface area (Å²) < 4.78 is 36.6. The molecule has 4 aromatic carbocycles. The van der Waals surface area contributed by atoms with Gasteiger partial charge in [0.25, 0.3) is 0 Å². The fraction of sp³-hybridized carbons (Fsp3) is 0.0968. The Balaban J connectivity index is 1.55. The smallest absolute Gasteiger partial charge is 0.507 e. The third-order valence-corrected chi connectivity index (χ3v) is 7.85. The first-order chi connectivity index (χ1) is 20.6. The monoisotopic (exact) mass is 603 g/mol. The van der Waals surface area contributed by atoms with Gasteiger partial charge in [0.2, 0.25) is 0 Å². The van der Waals surface area contributed by atoms with E-state index in [0.29, 0.717) is 0 Å². The maximum atomic E-state index is 14.3. The van der Waals surface area contributed by atoms with E-state index in [2.05, 4.69) is 5.09 Å². The van der Waals surface area contributed by atoms with Gasteiger partial charge < -0.3 is 33.5 Å². The predicted molar refractivity (Wildman–Crippen MR) is 157 cm³/mol. The van der Waals surface area contributed by atoms with Crippen LogP contribution in [0.3, 0.4) is 0 Å². The second-order valence-electron chi connectivity index (χ2n) is 9.38. The summed E-state index contributed by atoms with van der Waals surface area (Å²) in [5.41, 5.74) is 0.268. The van der Waals surface area contributed by atoms with E-state index in [0.717, 1.165) is 17.7 Å². The van der Waals surface area contributed by atoms with E-state index < -0.39 is 36.7 Å². The Bertz CT molecular complexity index is 1880. The van der Waals surface area contributed by atoms with E-state index >= 15 is 0 Å². The van der Waals surface area contributed by atoms with Gasteiger partial charge in [-0.05, 0) is 42.3 Å². The first kappa shape index (κ1) is 29.2. The maximum Gasteiger partial charge on any atom is 0.513 e. The van der Waals surface area contributed by atoms with Crippen molar-refractivity contribution in [2.45, 2.75) is 12.5 Å². The van der Waals surface area contributed by atoms with Gasteiger partial charge in [-0.2, -0.15) is 5.09 Å². The van der Waals surface area contributed by atoms with Gasteiger partial charge >= 0.3 is 13.7 Å². The molecule has 1 heterocycles. The number of methoxy groups -OCH3 is 1. The van der Waals surface area contributed by atoms with E-state index in [4.69, 9.17) is 18.2 Å². The van der Waals surface area contributed by atoms with Crippen molar-refractivity contribution in [3.63, 3.8) is 0 Å². The molecule has 0 fully saturated rings. The van der Waals surface area contributed by atoms with Gasteiger partial charge in [-0.3, -0.25) is 9.59 Å². The summed E-state index contributed by atoms with van der Waals surface area (Å²) in [5.74, 6) is -2.08. The Morgan fingerprint density at radius 3 is 2.19 bits per heavy atom. The van der Waals surface area contributed by atoms with Crippen LogP contribution >= 0.6 is 7.75 Å². The van der Waals surface area contributed by atoms with Crippen LogP contribution in [0, 0.1) is 0 Å². The fourth-order valence-electron chi connectivity index (χ4n) is 4.31. The lowest BCUT2D eigenvalue weighted by molar-refractivity contribution is -0.142. The number of nitrogens with one attached hydrogen (secondary N) is 1.